The molecule has 0 atom stereocenters. The summed E-state index contributed by atoms with van der Waals surface area (Å²) in [5, 5.41) is 8.33. The second-order valence-electron chi connectivity index (χ2n) is 2.62. The summed E-state index contributed by atoms with van der Waals surface area (Å²) in [6, 6.07) is 5.98. The highest BCUT2D eigenvalue weighted by Crippen LogP contribution is 2.11. The monoisotopic (exact) mass is 177 g/mol. The van der Waals surface area contributed by atoms with E-state index in [-0.39, 0.29) is 0 Å². The van der Waals surface area contributed by atoms with Gasteiger partial charge in [0.2, 0.25) is 0 Å². The molecule has 0 N–H and O–H groups in total. The summed E-state index contributed by atoms with van der Waals surface area (Å²) in [5.74, 6) is -0.428. The fourth-order valence-electron chi connectivity index (χ4n) is 1.09. The van der Waals surface area contributed by atoms with Crippen molar-refractivity contribution in [2.75, 3.05) is 0 Å². The number of carbonyl (C=O) groups is 1. The topological polar surface area (TPSA) is 40.9 Å². The van der Waals surface area contributed by atoms with Crippen LogP contribution in [0.1, 0.15) is 22.3 Å². The maximum absolute atomic E-state index is 12.6. The Hall–Kier alpha value is -1.69. The molecule has 0 amide bonds. The maximum atomic E-state index is 12.6. The fourth-order valence-corrected chi connectivity index (χ4v) is 1.09. The minimum absolute atomic E-state index is 0.329. The number of nitriles is 1. The van der Waals surface area contributed by atoms with E-state index in [9.17, 15) is 9.18 Å². The molecule has 0 aliphatic heterocycles. The molecule has 1 aromatic carbocycles. The van der Waals surface area contributed by atoms with E-state index in [1.165, 1.54) is 18.2 Å². The predicted octanol–water partition coefficient (Wildman–Crippen LogP) is 2.09. The van der Waals surface area contributed by atoms with Gasteiger partial charge >= 0.3 is 0 Å². The predicted molar refractivity (Wildman–Crippen MR) is 45.7 cm³/mol. The van der Waals surface area contributed by atoms with Crippen LogP contribution in [0.25, 0.3) is 0 Å². The molecular weight excluding hydrogens is 169 g/mol. The van der Waals surface area contributed by atoms with E-state index in [0.29, 0.717) is 24.7 Å². The largest absolute Gasteiger partial charge is 0.298 e. The Balaban J connectivity index is 2.93. The van der Waals surface area contributed by atoms with Gasteiger partial charge in [0, 0.05) is 12.0 Å². The zero-order chi connectivity index (χ0) is 9.68. The van der Waals surface area contributed by atoms with Gasteiger partial charge in [-0.3, -0.25) is 4.79 Å². The van der Waals surface area contributed by atoms with Crippen molar-refractivity contribution in [2.24, 2.45) is 0 Å². The van der Waals surface area contributed by atoms with Crippen molar-refractivity contribution in [3.8, 4) is 6.07 Å². The highest BCUT2D eigenvalue weighted by molar-refractivity contribution is 5.77. The third kappa shape index (κ3) is 2.38. The van der Waals surface area contributed by atoms with Gasteiger partial charge in [-0.25, -0.2) is 4.39 Å². The van der Waals surface area contributed by atoms with Crippen molar-refractivity contribution in [3.63, 3.8) is 0 Å². The first-order valence-corrected chi connectivity index (χ1v) is 3.88. The van der Waals surface area contributed by atoms with Crippen molar-refractivity contribution >= 4 is 6.29 Å². The summed E-state index contributed by atoms with van der Waals surface area (Å²) in [6.07, 6.45) is 1.44. The van der Waals surface area contributed by atoms with E-state index in [0.717, 1.165) is 5.56 Å². The molecule has 66 valence electrons. The molecule has 1 rings (SSSR count). The van der Waals surface area contributed by atoms with Crippen LogP contribution < -0.4 is 0 Å². The third-order valence-electron chi connectivity index (χ3n) is 1.74. The van der Waals surface area contributed by atoms with Gasteiger partial charge in [0.15, 0.2) is 0 Å². The first kappa shape index (κ1) is 9.40. The number of hydrogen-bond acceptors (Lipinski definition) is 2. The molecule has 0 heterocycles. The minimum Gasteiger partial charge on any atom is -0.298 e. The molecule has 0 bridgehead atoms. The molecular formula is C10H8FNO. The number of nitrogens with zero attached hydrogens (tertiary/aromatic N) is 1. The molecule has 1 aromatic rings. The Morgan fingerprint density at radius 1 is 1.54 bits per heavy atom. The average molecular weight is 177 g/mol. The first-order chi connectivity index (χ1) is 6.27. The summed E-state index contributed by atoms with van der Waals surface area (Å²) in [6.45, 7) is 0. The molecule has 0 spiro atoms. The van der Waals surface area contributed by atoms with Crippen LogP contribution in [0.3, 0.4) is 0 Å². The van der Waals surface area contributed by atoms with Crippen LogP contribution in [0, 0.1) is 17.1 Å². The van der Waals surface area contributed by atoms with Crippen molar-refractivity contribution in [3.05, 3.63) is 35.1 Å². The summed E-state index contributed by atoms with van der Waals surface area (Å²) in [5.41, 5.74) is 1.05. The molecule has 0 aromatic heterocycles. The van der Waals surface area contributed by atoms with Crippen molar-refractivity contribution in [2.45, 2.75) is 12.8 Å². The number of hydrogen-bond donors (Lipinski definition) is 0. The smallest absolute Gasteiger partial charge is 0.150 e. The lowest BCUT2D eigenvalue weighted by molar-refractivity contribution is 0.112. The van der Waals surface area contributed by atoms with E-state index in [1.807, 2.05) is 6.07 Å². The van der Waals surface area contributed by atoms with Gasteiger partial charge in [0.05, 0.1) is 6.07 Å². The van der Waals surface area contributed by atoms with Gasteiger partial charge in [-0.15, -0.1) is 0 Å². The normalized spacial score (nSPS) is 9.23. The van der Waals surface area contributed by atoms with Crippen LogP contribution >= 0.6 is 0 Å². The summed E-state index contributed by atoms with van der Waals surface area (Å²) in [4.78, 5) is 10.5. The number of carbonyl (C=O) groups excluding carboxylic acids is 1. The molecule has 0 saturated heterocycles. The molecule has 0 radical (unpaired) electrons. The van der Waals surface area contributed by atoms with Gasteiger partial charge in [0.25, 0.3) is 0 Å². The van der Waals surface area contributed by atoms with Crippen molar-refractivity contribution in [1.29, 1.82) is 5.26 Å². The molecule has 0 fully saturated rings. The van der Waals surface area contributed by atoms with Gasteiger partial charge in [-0.05, 0) is 24.1 Å². The Bertz CT molecular complexity index is 354. The van der Waals surface area contributed by atoms with E-state index in [4.69, 9.17) is 5.26 Å². The maximum Gasteiger partial charge on any atom is 0.150 e. The Kier molecular flexibility index (Phi) is 3.15. The van der Waals surface area contributed by atoms with Crippen LogP contribution in [-0.2, 0) is 6.42 Å². The lowest BCUT2D eigenvalue weighted by Crippen LogP contribution is -1.93. The van der Waals surface area contributed by atoms with Gasteiger partial charge in [0.1, 0.15) is 12.1 Å². The number of benzene rings is 1. The lowest BCUT2D eigenvalue weighted by atomic mass is 10.0. The second-order valence-corrected chi connectivity index (χ2v) is 2.62. The Morgan fingerprint density at radius 2 is 2.31 bits per heavy atom. The Labute approximate surface area is 75.6 Å². The highest BCUT2D eigenvalue weighted by atomic mass is 19.1. The number of aryl methyl sites for hydroxylation is 1. The van der Waals surface area contributed by atoms with Crippen molar-refractivity contribution in [1.82, 2.24) is 0 Å². The van der Waals surface area contributed by atoms with E-state index in [1.54, 1.807) is 0 Å². The zero-order valence-corrected chi connectivity index (χ0v) is 6.96. The standard InChI is InChI=1S/C10H8FNO/c11-10-4-3-8(2-1-5-12)9(6-10)7-13/h3-4,6-7H,1-2H2. The van der Waals surface area contributed by atoms with Crippen LogP contribution in [0.2, 0.25) is 0 Å². The first-order valence-electron chi connectivity index (χ1n) is 3.88. The summed E-state index contributed by atoms with van der Waals surface area (Å²) < 4.78 is 12.6. The van der Waals surface area contributed by atoms with Crippen LogP contribution in [0.4, 0.5) is 4.39 Å². The number of halogens is 1. The van der Waals surface area contributed by atoms with Gasteiger partial charge in [-0.2, -0.15) is 5.26 Å². The molecule has 13 heavy (non-hydrogen) atoms. The summed E-state index contributed by atoms with van der Waals surface area (Å²) >= 11 is 0. The van der Waals surface area contributed by atoms with Gasteiger partial charge < -0.3 is 0 Å². The van der Waals surface area contributed by atoms with E-state index in [2.05, 4.69) is 0 Å². The fraction of sp³-hybridized carbons (Fsp3) is 0.200. The van der Waals surface area contributed by atoms with E-state index < -0.39 is 5.82 Å². The van der Waals surface area contributed by atoms with Crippen molar-refractivity contribution < 1.29 is 9.18 Å². The molecule has 0 unspecified atom stereocenters. The highest BCUT2D eigenvalue weighted by Gasteiger charge is 2.02. The summed E-state index contributed by atoms with van der Waals surface area (Å²) in [7, 11) is 0. The third-order valence-corrected chi connectivity index (χ3v) is 1.74. The second kappa shape index (κ2) is 4.36. The van der Waals surface area contributed by atoms with Crippen LogP contribution in [0.5, 0.6) is 0 Å². The molecule has 2 nitrogen and oxygen atoms in total. The van der Waals surface area contributed by atoms with Gasteiger partial charge in [-0.1, -0.05) is 6.07 Å². The number of rotatable bonds is 3. The average Bonchev–Trinajstić information content (AvgIpc) is 2.16. The van der Waals surface area contributed by atoms with Crippen LogP contribution in [-0.4, -0.2) is 6.29 Å². The molecule has 0 saturated carbocycles. The SMILES string of the molecule is N#CCCc1ccc(F)cc1C=O. The molecule has 0 aliphatic carbocycles. The number of aldehydes is 1. The minimum atomic E-state index is -0.428. The zero-order valence-electron chi connectivity index (χ0n) is 6.96. The molecule has 3 heteroatoms. The van der Waals surface area contributed by atoms with Crippen LogP contribution in [0.15, 0.2) is 18.2 Å². The molecule has 0 aliphatic rings. The van der Waals surface area contributed by atoms with E-state index >= 15 is 0 Å². The lowest BCUT2D eigenvalue weighted by Gasteiger charge is -2.00. The quantitative estimate of drug-likeness (QED) is 0.663. The Morgan fingerprint density at radius 3 is 2.92 bits per heavy atom.